The van der Waals surface area contributed by atoms with Crippen LogP contribution >= 0.6 is 0 Å². The predicted molar refractivity (Wildman–Crippen MR) is 122 cm³/mol. The Morgan fingerprint density at radius 3 is 2.52 bits per heavy atom. The predicted octanol–water partition coefficient (Wildman–Crippen LogP) is 3.92. The van der Waals surface area contributed by atoms with Crippen molar-refractivity contribution in [1.29, 1.82) is 0 Å². The van der Waals surface area contributed by atoms with Gasteiger partial charge in [0.25, 0.3) is 0 Å². The SMILES string of the molecule is Cc1c(C)n(C2CCCCC2)c2ncnc(OC3CCN(CC(=O)NC(C)C)CC3)c12. The van der Waals surface area contributed by atoms with E-state index in [1.165, 1.54) is 43.4 Å². The molecule has 2 aromatic rings. The molecule has 1 saturated heterocycles. The zero-order chi connectivity index (χ0) is 22.0. The zero-order valence-corrected chi connectivity index (χ0v) is 19.5. The summed E-state index contributed by atoms with van der Waals surface area (Å²) in [5.74, 6) is 0.818. The molecule has 1 amide bonds. The van der Waals surface area contributed by atoms with Gasteiger partial charge in [0.2, 0.25) is 11.8 Å². The van der Waals surface area contributed by atoms with E-state index in [4.69, 9.17) is 4.74 Å². The quantitative estimate of drug-likeness (QED) is 0.756. The van der Waals surface area contributed by atoms with Crippen molar-refractivity contribution in [1.82, 2.24) is 24.8 Å². The first-order chi connectivity index (χ1) is 14.9. The van der Waals surface area contributed by atoms with Crippen LogP contribution in [-0.4, -0.2) is 57.1 Å². The summed E-state index contributed by atoms with van der Waals surface area (Å²) in [4.78, 5) is 23.5. The molecule has 0 spiro atoms. The van der Waals surface area contributed by atoms with E-state index in [2.05, 4.69) is 38.6 Å². The Balaban J connectivity index is 1.46. The normalized spacial score (nSPS) is 19.3. The lowest BCUT2D eigenvalue weighted by Crippen LogP contribution is -2.45. The van der Waals surface area contributed by atoms with E-state index in [0.29, 0.717) is 12.6 Å². The van der Waals surface area contributed by atoms with E-state index in [1.54, 1.807) is 6.33 Å². The van der Waals surface area contributed by atoms with Crippen molar-refractivity contribution < 1.29 is 9.53 Å². The van der Waals surface area contributed by atoms with Gasteiger partial charge in [0.05, 0.1) is 11.9 Å². The largest absolute Gasteiger partial charge is 0.474 e. The topological polar surface area (TPSA) is 72.3 Å². The average molecular weight is 428 g/mol. The van der Waals surface area contributed by atoms with Gasteiger partial charge in [-0.25, -0.2) is 9.97 Å². The van der Waals surface area contributed by atoms with Crippen LogP contribution in [0.2, 0.25) is 0 Å². The maximum atomic E-state index is 12.0. The number of amides is 1. The molecule has 31 heavy (non-hydrogen) atoms. The molecule has 7 heteroatoms. The van der Waals surface area contributed by atoms with Gasteiger partial charge < -0.3 is 14.6 Å². The van der Waals surface area contributed by atoms with Crippen LogP contribution in [0, 0.1) is 13.8 Å². The van der Waals surface area contributed by atoms with Crippen LogP contribution in [-0.2, 0) is 4.79 Å². The molecule has 0 bridgehead atoms. The number of nitrogens with zero attached hydrogens (tertiary/aromatic N) is 4. The molecule has 0 radical (unpaired) electrons. The first kappa shape index (κ1) is 22.1. The van der Waals surface area contributed by atoms with E-state index < -0.39 is 0 Å². The maximum Gasteiger partial charge on any atom is 0.234 e. The minimum Gasteiger partial charge on any atom is -0.474 e. The monoisotopic (exact) mass is 427 g/mol. The van der Waals surface area contributed by atoms with Crippen LogP contribution in [0.25, 0.3) is 11.0 Å². The minimum absolute atomic E-state index is 0.0991. The summed E-state index contributed by atoms with van der Waals surface area (Å²) in [6, 6.07) is 0.717. The molecule has 0 atom stereocenters. The van der Waals surface area contributed by atoms with Crippen LogP contribution < -0.4 is 10.1 Å². The highest BCUT2D eigenvalue weighted by atomic mass is 16.5. The Morgan fingerprint density at radius 1 is 1.13 bits per heavy atom. The number of piperidine rings is 1. The number of aryl methyl sites for hydroxylation is 1. The van der Waals surface area contributed by atoms with Gasteiger partial charge in [-0.15, -0.1) is 0 Å². The number of carbonyl (C=O) groups excluding carboxylic acids is 1. The molecule has 2 aromatic heterocycles. The Kier molecular flexibility index (Phi) is 6.80. The fourth-order valence-electron chi connectivity index (χ4n) is 5.18. The number of aromatic nitrogens is 3. The second-order valence-corrected chi connectivity index (χ2v) is 9.57. The number of hydrogen-bond donors (Lipinski definition) is 1. The molecule has 1 aliphatic heterocycles. The number of ether oxygens (including phenoxy) is 1. The fraction of sp³-hybridized carbons (Fsp3) is 0.708. The molecule has 1 aliphatic carbocycles. The third-order valence-electron chi connectivity index (χ3n) is 6.87. The number of likely N-dealkylation sites (tertiary alicyclic amines) is 1. The van der Waals surface area contributed by atoms with E-state index in [-0.39, 0.29) is 18.1 Å². The first-order valence-electron chi connectivity index (χ1n) is 11.9. The van der Waals surface area contributed by atoms with Crippen LogP contribution in [0.15, 0.2) is 6.33 Å². The molecule has 7 nitrogen and oxygen atoms in total. The highest BCUT2D eigenvalue weighted by Gasteiger charge is 2.27. The van der Waals surface area contributed by atoms with Crippen LogP contribution in [0.1, 0.15) is 76.1 Å². The highest BCUT2D eigenvalue weighted by Crippen LogP contribution is 2.37. The minimum atomic E-state index is 0.0991. The van der Waals surface area contributed by atoms with Crippen molar-refractivity contribution in [3.63, 3.8) is 0 Å². The van der Waals surface area contributed by atoms with Gasteiger partial charge in [0, 0.05) is 30.9 Å². The summed E-state index contributed by atoms with van der Waals surface area (Å²) in [6.07, 6.45) is 9.98. The van der Waals surface area contributed by atoms with Crippen LogP contribution in [0.5, 0.6) is 5.88 Å². The summed E-state index contributed by atoms with van der Waals surface area (Å²) in [5.41, 5.74) is 3.55. The molecule has 0 unspecified atom stereocenters. The number of nitrogens with one attached hydrogen (secondary N) is 1. The average Bonchev–Trinajstić information content (AvgIpc) is 3.00. The van der Waals surface area contributed by atoms with Crippen molar-refractivity contribution in [2.75, 3.05) is 19.6 Å². The van der Waals surface area contributed by atoms with Gasteiger partial charge in [-0.2, -0.15) is 0 Å². The molecule has 0 aromatic carbocycles. The first-order valence-corrected chi connectivity index (χ1v) is 11.9. The lowest BCUT2D eigenvalue weighted by atomic mass is 9.95. The fourth-order valence-corrected chi connectivity index (χ4v) is 5.18. The summed E-state index contributed by atoms with van der Waals surface area (Å²) in [7, 11) is 0. The van der Waals surface area contributed by atoms with E-state index >= 15 is 0 Å². The molecule has 4 rings (SSSR count). The van der Waals surface area contributed by atoms with Crippen molar-refractivity contribution in [3.8, 4) is 5.88 Å². The molecule has 2 fully saturated rings. The Hall–Kier alpha value is -2.15. The number of fused-ring (bicyclic) bond motifs is 1. The van der Waals surface area contributed by atoms with E-state index in [1.807, 2.05) is 13.8 Å². The Labute approximate surface area is 185 Å². The molecule has 1 saturated carbocycles. The Bertz CT molecular complexity index is 908. The van der Waals surface area contributed by atoms with E-state index in [9.17, 15) is 4.79 Å². The molecular weight excluding hydrogens is 390 g/mol. The smallest absolute Gasteiger partial charge is 0.234 e. The van der Waals surface area contributed by atoms with Crippen LogP contribution in [0.4, 0.5) is 0 Å². The molecular formula is C24H37N5O2. The molecule has 1 N–H and O–H groups in total. The summed E-state index contributed by atoms with van der Waals surface area (Å²) >= 11 is 0. The maximum absolute atomic E-state index is 12.0. The lowest BCUT2D eigenvalue weighted by Gasteiger charge is -2.31. The van der Waals surface area contributed by atoms with Gasteiger partial charge >= 0.3 is 0 Å². The van der Waals surface area contributed by atoms with Gasteiger partial charge in [-0.1, -0.05) is 19.3 Å². The Morgan fingerprint density at radius 2 is 1.84 bits per heavy atom. The lowest BCUT2D eigenvalue weighted by molar-refractivity contribution is -0.123. The van der Waals surface area contributed by atoms with Crippen molar-refractivity contribution in [2.45, 2.75) is 90.8 Å². The van der Waals surface area contributed by atoms with Gasteiger partial charge in [-0.3, -0.25) is 9.69 Å². The van der Waals surface area contributed by atoms with Crippen molar-refractivity contribution in [3.05, 3.63) is 17.6 Å². The molecule has 3 heterocycles. The third-order valence-corrected chi connectivity index (χ3v) is 6.87. The van der Waals surface area contributed by atoms with E-state index in [0.717, 1.165) is 42.8 Å². The molecule has 170 valence electrons. The second kappa shape index (κ2) is 9.55. The standard InChI is InChI=1S/C24H37N5O2/c1-16(2)27-21(30)14-28-12-10-20(11-13-28)31-24-22-17(3)18(4)29(23(22)25-15-26-24)19-8-6-5-7-9-19/h15-16,19-20H,5-14H2,1-4H3,(H,27,30). The van der Waals surface area contributed by atoms with Crippen LogP contribution in [0.3, 0.4) is 0 Å². The highest BCUT2D eigenvalue weighted by molar-refractivity contribution is 5.86. The van der Waals surface area contributed by atoms with Crippen molar-refractivity contribution in [2.24, 2.45) is 0 Å². The van der Waals surface area contributed by atoms with Gasteiger partial charge in [0.15, 0.2) is 0 Å². The van der Waals surface area contributed by atoms with Gasteiger partial charge in [-0.05, 0) is 58.9 Å². The van der Waals surface area contributed by atoms with Crippen molar-refractivity contribution >= 4 is 16.9 Å². The number of rotatable bonds is 6. The third kappa shape index (κ3) is 4.86. The number of hydrogen-bond acceptors (Lipinski definition) is 5. The summed E-state index contributed by atoms with van der Waals surface area (Å²) in [6.45, 7) is 10.6. The molecule has 2 aliphatic rings. The summed E-state index contributed by atoms with van der Waals surface area (Å²) in [5, 5.41) is 4.04. The zero-order valence-electron chi connectivity index (χ0n) is 19.5. The number of carbonyl (C=O) groups is 1. The summed E-state index contributed by atoms with van der Waals surface area (Å²) < 4.78 is 8.87. The second-order valence-electron chi connectivity index (χ2n) is 9.57. The van der Waals surface area contributed by atoms with Gasteiger partial charge in [0.1, 0.15) is 18.1 Å².